The molecule has 0 spiro atoms. The molecule has 16 heavy (non-hydrogen) atoms. The minimum Gasteiger partial charge on any atom is -0.299 e. The summed E-state index contributed by atoms with van der Waals surface area (Å²) in [7, 11) is 0. The molecule has 2 rings (SSSR count). The molecule has 1 aliphatic heterocycles. The van der Waals surface area contributed by atoms with Crippen LogP contribution >= 0.6 is 0 Å². The van der Waals surface area contributed by atoms with Gasteiger partial charge in [0.2, 0.25) is 0 Å². The van der Waals surface area contributed by atoms with Gasteiger partial charge < -0.3 is 0 Å². The lowest BCUT2D eigenvalue weighted by atomic mass is 10.2. The number of hydrogen-bond donors (Lipinski definition) is 0. The van der Waals surface area contributed by atoms with Crippen molar-refractivity contribution in [2.75, 3.05) is 13.1 Å². The van der Waals surface area contributed by atoms with Gasteiger partial charge in [0.1, 0.15) is 11.8 Å². The molecule has 0 radical (unpaired) electrons. The Kier molecular flexibility index (Phi) is 3.90. The van der Waals surface area contributed by atoms with E-state index in [1.807, 2.05) is 12.1 Å². The molecule has 3 nitrogen and oxygen atoms in total. The van der Waals surface area contributed by atoms with Crippen LogP contribution < -0.4 is 0 Å². The molecule has 0 saturated carbocycles. The molecule has 1 aliphatic rings. The van der Waals surface area contributed by atoms with Crippen LogP contribution in [0.2, 0.25) is 0 Å². The van der Waals surface area contributed by atoms with Crippen molar-refractivity contribution >= 4 is 0 Å². The molecule has 0 amide bonds. The van der Waals surface area contributed by atoms with Crippen LogP contribution in [0.15, 0.2) is 18.3 Å². The van der Waals surface area contributed by atoms with Crippen molar-refractivity contribution in [3.05, 3.63) is 29.6 Å². The van der Waals surface area contributed by atoms with Crippen molar-refractivity contribution in [1.82, 2.24) is 9.88 Å². The first-order valence-electron chi connectivity index (χ1n) is 5.96. The minimum atomic E-state index is 0.576. The number of nitrogens with zero attached hydrogens (tertiary/aromatic N) is 3. The Morgan fingerprint density at radius 1 is 1.25 bits per heavy atom. The van der Waals surface area contributed by atoms with E-state index in [2.05, 4.69) is 16.0 Å². The fraction of sp³-hybridized carbons (Fsp3) is 0.538. The van der Waals surface area contributed by atoms with Crippen LogP contribution in [0.25, 0.3) is 0 Å². The van der Waals surface area contributed by atoms with E-state index in [9.17, 15) is 0 Å². The van der Waals surface area contributed by atoms with E-state index in [1.165, 1.54) is 25.7 Å². The Morgan fingerprint density at radius 3 is 2.69 bits per heavy atom. The first-order chi connectivity index (χ1) is 7.90. The fourth-order valence-electron chi connectivity index (χ4n) is 2.20. The summed E-state index contributed by atoms with van der Waals surface area (Å²) in [6.45, 7) is 3.18. The second kappa shape index (κ2) is 5.62. The summed E-state index contributed by atoms with van der Waals surface area (Å²) >= 11 is 0. The lowest BCUT2D eigenvalue weighted by Crippen LogP contribution is -2.24. The molecule has 0 aliphatic carbocycles. The third-order valence-electron chi connectivity index (χ3n) is 3.09. The van der Waals surface area contributed by atoms with E-state index in [4.69, 9.17) is 5.26 Å². The van der Waals surface area contributed by atoms with Gasteiger partial charge in [-0.05, 0) is 32.0 Å². The van der Waals surface area contributed by atoms with Gasteiger partial charge in [-0.1, -0.05) is 18.9 Å². The minimum absolute atomic E-state index is 0.576. The SMILES string of the molecule is N#Cc1ncccc1CN1CCCCCC1. The van der Waals surface area contributed by atoms with Gasteiger partial charge in [-0.3, -0.25) is 4.90 Å². The Bertz CT molecular complexity index is 373. The predicted molar refractivity (Wildman–Crippen MR) is 62.7 cm³/mol. The molecule has 1 aromatic rings. The molecule has 0 unspecified atom stereocenters. The number of aromatic nitrogens is 1. The van der Waals surface area contributed by atoms with Crippen LogP contribution in [-0.2, 0) is 6.54 Å². The van der Waals surface area contributed by atoms with Crippen molar-refractivity contribution in [2.24, 2.45) is 0 Å². The highest BCUT2D eigenvalue weighted by Crippen LogP contribution is 2.14. The number of rotatable bonds is 2. The smallest absolute Gasteiger partial charge is 0.144 e. The molecule has 2 heterocycles. The lowest BCUT2D eigenvalue weighted by molar-refractivity contribution is 0.276. The quantitative estimate of drug-likeness (QED) is 0.760. The summed E-state index contributed by atoms with van der Waals surface area (Å²) in [5.41, 5.74) is 1.64. The standard InChI is InChI=1S/C13H17N3/c14-10-13-12(6-5-7-15-13)11-16-8-3-1-2-4-9-16/h5-7H,1-4,8-9,11H2. The largest absolute Gasteiger partial charge is 0.299 e. The highest BCUT2D eigenvalue weighted by molar-refractivity contribution is 5.30. The average molecular weight is 215 g/mol. The van der Waals surface area contributed by atoms with E-state index in [-0.39, 0.29) is 0 Å². The van der Waals surface area contributed by atoms with Gasteiger partial charge in [0.15, 0.2) is 0 Å². The molecule has 0 aromatic carbocycles. The van der Waals surface area contributed by atoms with Crippen LogP contribution in [0.1, 0.15) is 36.9 Å². The summed E-state index contributed by atoms with van der Waals surface area (Å²) in [5, 5.41) is 8.97. The van der Waals surface area contributed by atoms with Crippen molar-refractivity contribution in [2.45, 2.75) is 32.2 Å². The van der Waals surface area contributed by atoms with Gasteiger partial charge in [0, 0.05) is 18.3 Å². The predicted octanol–water partition coefficient (Wildman–Crippen LogP) is 2.33. The molecule has 0 bridgehead atoms. The van der Waals surface area contributed by atoms with Crippen molar-refractivity contribution in [1.29, 1.82) is 5.26 Å². The maximum Gasteiger partial charge on any atom is 0.144 e. The van der Waals surface area contributed by atoms with E-state index in [0.717, 1.165) is 25.2 Å². The Morgan fingerprint density at radius 2 is 2.00 bits per heavy atom. The number of pyridine rings is 1. The zero-order valence-electron chi connectivity index (χ0n) is 9.52. The van der Waals surface area contributed by atoms with Crippen molar-refractivity contribution < 1.29 is 0 Å². The highest BCUT2D eigenvalue weighted by Gasteiger charge is 2.11. The van der Waals surface area contributed by atoms with E-state index in [1.54, 1.807) is 6.20 Å². The normalized spacial score (nSPS) is 17.7. The molecule has 1 aromatic heterocycles. The molecule has 1 fully saturated rings. The number of hydrogen-bond acceptors (Lipinski definition) is 3. The van der Waals surface area contributed by atoms with Gasteiger partial charge in [-0.25, -0.2) is 4.98 Å². The molecular formula is C13H17N3. The number of likely N-dealkylation sites (tertiary alicyclic amines) is 1. The molecule has 0 N–H and O–H groups in total. The first kappa shape index (κ1) is 11.1. The lowest BCUT2D eigenvalue weighted by Gasteiger charge is -2.19. The summed E-state index contributed by atoms with van der Waals surface area (Å²) in [4.78, 5) is 6.53. The number of nitriles is 1. The zero-order chi connectivity index (χ0) is 11.2. The van der Waals surface area contributed by atoms with Crippen LogP contribution in [0.5, 0.6) is 0 Å². The van der Waals surface area contributed by atoms with Gasteiger partial charge in [0.25, 0.3) is 0 Å². The maximum absolute atomic E-state index is 8.97. The fourth-order valence-corrected chi connectivity index (χ4v) is 2.20. The first-order valence-corrected chi connectivity index (χ1v) is 5.96. The third-order valence-corrected chi connectivity index (χ3v) is 3.09. The van der Waals surface area contributed by atoms with E-state index < -0.39 is 0 Å². The Hall–Kier alpha value is -1.40. The molecule has 3 heteroatoms. The van der Waals surface area contributed by atoms with Gasteiger partial charge in [-0.15, -0.1) is 0 Å². The second-order valence-electron chi connectivity index (χ2n) is 4.31. The van der Waals surface area contributed by atoms with Crippen molar-refractivity contribution in [3.63, 3.8) is 0 Å². The molecule has 1 saturated heterocycles. The van der Waals surface area contributed by atoms with Crippen molar-refractivity contribution in [3.8, 4) is 6.07 Å². The summed E-state index contributed by atoms with van der Waals surface area (Å²) in [5.74, 6) is 0. The van der Waals surface area contributed by atoms with Gasteiger partial charge in [0.05, 0.1) is 0 Å². The monoisotopic (exact) mass is 215 g/mol. The Labute approximate surface area is 96.7 Å². The summed E-state index contributed by atoms with van der Waals surface area (Å²) in [6, 6.07) is 6.08. The molecule has 84 valence electrons. The van der Waals surface area contributed by atoms with E-state index >= 15 is 0 Å². The zero-order valence-corrected chi connectivity index (χ0v) is 9.52. The van der Waals surface area contributed by atoms with Gasteiger partial charge in [-0.2, -0.15) is 5.26 Å². The maximum atomic E-state index is 8.97. The second-order valence-corrected chi connectivity index (χ2v) is 4.31. The van der Waals surface area contributed by atoms with Crippen LogP contribution in [-0.4, -0.2) is 23.0 Å². The third kappa shape index (κ3) is 2.80. The topological polar surface area (TPSA) is 39.9 Å². The average Bonchev–Trinajstić information content (AvgIpc) is 2.58. The Balaban J connectivity index is 2.05. The van der Waals surface area contributed by atoms with Crippen LogP contribution in [0.3, 0.4) is 0 Å². The van der Waals surface area contributed by atoms with E-state index in [0.29, 0.717) is 5.69 Å². The summed E-state index contributed by atoms with van der Waals surface area (Å²) in [6.07, 6.45) is 6.93. The van der Waals surface area contributed by atoms with Gasteiger partial charge >= 0.3 is 0 Å². The van der Waals surface area contributed by atoms with Crippen LogP contribution in [0, 0.1) is 11.3 Å². The highest BCUT2D eigenvalue weighted by atomic mass is 15.1. The summed E-state index contributed by atoms with van der Waals surface area (Å²) < 4.78 is 0. The molecule has 0 atom stereocenters. The molecular weight excluding hydrogens is 198 g/mol. The van der Waals surface area contributed by atoms with Crippen LogP contribution in [0.4, 0.5) is 0 Å².